The second kappa shape index (κ2) is 6.49. The van der Waals surface area contributed by atoms with Gasteiger partial charge in [-0.1, -0.05) is 0 Å². The molecule has 0 amide bonds. The minimum Gasteiger partial charge on any atom is -0.300 e. The highest BCUT2D eigenvalue weighted by molar-refractivity contribution is 5.85. The van der Waals surface area contributed by atoms with Gasteiger partial charge in [0.05, 0.1) is 0 Å². The Kier molecular flexibility index (Phi) is 6.68. The molecule has 2 heterocycles. The molecule has 4 N–H and O–H groups in total. The third-order valence-corrected chi connectivity index (χ3v) is 1.42. The van der Waals surface area contributed by atoms with Crippen LogP contribution in [0.4, 0.5) is 0 Å². The van der Waals surface area contributed by atoms with Crippen molar-refractivity contribution in [2.45, 2.75) is 0 Å². The number of hydrogen-bond acceptors (Lipinski definition) is 4. The molecule has 16 heavy (non-hydrogen) atoms. The van der Waals surface area contributed by atoms with Crippen LogP contribution >= 0.6 is 24.8 Å². The van der Waals surface area contributed by atoms with Crippen LogP contribution in [0.1, 0.15) is 0 Å². The van der Waals surface area contributed by atoms with Crippen LogP contribution in [0.5, 0.6) is 0 Å². The predicted octanol–water partition coefficient (Wildman–Crippen LogP) is -0.784. The van der Waals surface area contributed by atoms with Crippen molar-refractivity contribution in [2.75, 3.05) is 0 Å². The number of fused-ring (bicyclic) bond motifs is 1. The Bertz CT molecular complexity index is 633. The van der Waals surface area contributed by atoms with Gasteiger partial charge in [0.2, 0.25) is 0 Å². The lowest BCUT2D eigenvalue weighted by molar-refractivity contribution is 1.07. The van der Waals surface area contributed by atoms with Crippen molar-refractivity contribution in [3.05, 3.63) is 31.3 Å². The summed E-state index contributed by atoms with van der Waals surface area (Å²) in [6.07, 6.45) is 0. The fourth-order valence-corrected chi connectivity index (χ4v) is 0.958. The van der Waals surface area contributed by atoms with Gasteiger partial charge in [-0.05, 0) is 0 Å². The van der Waals surface area contributed by atoms with Gasteiger partial charge in [-0.15, -0.1) is 24.8 Å². The van der Waals surface area contributed by atoms with E-state index < -0.39 is 16.9 Å². The van der Waals surface area contributed by atoms with Gasteiger partial charge in [-0.3, -0.25) is 24.7 Å². The van der Waals surface area contributed by atoms with Gasteiger partial charge < -0.3 is 0 Å². The zero-order chi connectivity index (χ0) is 10.7. The summed E-state index contributed by atoms with van der Waals surface area (Å²) in [4.78, 5) is 41.0. The highest BCUT2D eigenvalue weighted by atomic mass is 35.5. The number of imidazole rings is 1. The second-order valence-electron chi connectivity index (χ2n) is 2.24. The first-order valence-electron chi connectivity index (χ1n) is 3.37. The molecule has 0 aromatic carbocycles. The summed E-state index contributed by atoms with van der Waals surface area (Å²) < 4.78 is 0. The molecule has 8 nitrogen and oxygen atoms in total. The molecule has 0 atom stereocenters. The molecular formula is C6H7Cl2N5O3. The van der Waals surface area contributed by atoms with E-state index in [9.17, 15) is 14.4 Å². The first kappa shape index (κ1) is 16.4. The molecule has 0 radical (unpaired) electrons. The first-order valence-corrected chi connectivity index (χ1v) is 3.37. The number of rotatable bonds is 0. The molecule has 2 aromatic heterocycles. The van der Waals surface area contributed by atoms with E-state index >= 15 is 0 Å². The van der Waals surface area contributed by atoms with Crippen LogP contribution in [0.3, 0.4) is 0 Å². The quantitative estimate of drug-likeness (QED) is 0.497. The Labute approximate surface area is 99.5 Å². The van der Waals surface area contributed by atoms with Gasteiger partial charge >= 0.3 is 11.4 Å². The van der Waals surface area contributed by atoms with Gasteiger partial charge in [0.1, 0.15) is 11.2 Å². The standard InChI is InChI=1S/C5H4N4O3.CHN.2ClH/c10-3-1-2(7-4(11)6-1)8-5(12)9-3;1-2;;/h(H4,6,7,8,9,10,11,12);1H;2*1H. The molecule has 0 bridgehead atoms. The molecule has 88 valence electrons. The van der Waals surface area contributed by atoms with E-state index in [1.807, 2.05) is 4.98 Å². The van der Waals surface area contributed by atoms with Crippen LogP contribution in [0.25, 0.3) is 11.2 Å². The molecule has 0 aliphatic rings. The summed E-state index contributed by atoms with van der Waals surface area (Å²) in [5.74, 6) is 0. The van der Waals surface area contributed by atoms with Crippen LogP contribution in [0.15, 0.2) is 14.4 Å². The number of nitriles is 1. The molecule has 2 aromatic rings. The lowest BCUT2D eigenvalue weighted by Gasteiger charge is -1.83. The van der Waals surface area contributed by atoms with Gasteiger partial charge in [0, 0.05) is 6.57 Å². The highest BCUT2D eigenvalue weighted by Crippen LogP contribution is 1.88. The Balaban J connectivity index is 0. The van der Waals surface area contributed by atoms with E-state index in [4.69, 9.17) is 5.26 Å². The van der Waals surface area contributed by atoms with E-state index in [0.29, 0.717) is 0 Å². The maximum atomic E-state index is 10.9. The summed E-state index contributed by atoms with van der Waals surface area (Å²) in [6, 6.07) is 0. The Morgan fingerprint density at radius 2 is 1.25 bits per heavy atom. The number of aromatic amines is 4. The van der Waals surface area contributed by atoms with Crippen molar-refractivity contribution in [2.24, 2.45) is 0 Å². The van der Waals surface area contributed by atoms with E-state index in [2.05, 4.69) is 21.5 Å². The van der Waals surface area contributed by atoms with E-state index in [1.165, 1.54) is 0 Å². The van der Waals surface area contributed by atoms with Gasteiger partial charge in [0.15, 0.2) is 0 Å². The summed E-state index contributed by atoms with van der Waals surface area (Å²) >= 11 is 0. The number of halogens is 2. The summed E-state index contributed by atoms with van der Waals surface area (Å²) in [5, 5.41) is 6.50. The second-order valence-corrected chi connectivity index (χ2v) is 2.24. The van der Waals surface area contributed by atoms with Gasteiger partial charge in [-0.2, -0.15) is 0 Å². The van der Waals surface area contributed by atoms with Crippen molar-refractivity contribution in [1.29, 1.82) is 5.26 Å². The smallest absolute Gasteiger partial charge is 0.300 e. The average molecular weight is 268 g/mol. The fraction of sp³-hybridized carbons (Fsp3) is 0. The van der Waals surface area contributed by atoms with Gasteiger partial charge in [-0.25, -0.2) is 14.9 Å². The molecule has 0 saturated heterocycles. The zero-order valence-corrected chi connectivity index (χ0v) is 9.20. The van der Waals surface area contributed by atoms with Crippen LogP contribution in [-0.4, -0.2) is 19.9 Å². The monoisotopic (exact) mass is 267 g/mol. The normalized spacial score (nSPS) is 8.12. The Morgan fingerprint density at radius 3 is 1.75 bits per heavy atom. The fourth-order valence-electron chi connectivity index (χ4n) is 0.958. The third kappa shape index (κ3) is 3.01. The molecule has 0 aliphatic carbocycles. The van der Waals surface area contributed by atoms with Crippen molar-refractivity contribution in [3.63, 3.8) is 0 Å². The number of aromatic nitrogens is 4. The molecule has 0 spiro atoms. The SMILES string of the molecule is C#N.Cl.Cl.O=c1[nH]c(=O)c2[nH]c(=O)[nH]c2[nH]1. The molecule has 2 rings (SSSR count). The van der Waals surface area contributed by atoms with Gasteiger partial charge in [0.25, 0.3) is 5.56 Å². The minimum atomic E-state index is -0.650. The van der Waals surface area contributed by atoms with Crippen molar-refractivity contribution >= 4 is 36.0 Å². The molecule has 0 fully saturated rings. The van der Waals surface area contributed by atoms with Crippen molar-refractivity contribution in [3.8, 4) is 6.57 Å². The van der Waals surface area contributed by atoms with Crippen molar-refractivity contribution < 1.29 is 0 Å². The van der Waals surface area contributed by atoms with E-state index in [0.717, 1.165) is 0 Å². The minimum absolute atomic E-state index is 0. The summed E-state index contributed by atoms with van der Waals surface area (Å²) in [5.41, 5.74) is -1.65. The van der Waals surface area contributed by atoms with Crippen LogP contribution in [0, 0.1) is 11.8 Å². The molecule has 0 unspecified atom stereocenters. The third-order valence-electron chi connectivity index (χ3n) is 1.42. The van der Waals surface area contributed by atoms with Crippen LogP contribution in [-0.2, 0) is 0 Å². The number of hydrogen-bond donors (Lipinski definition) is 4. The molecule has 0 aliphatic heterocycles. The predicted molar refractivity (Wildman–Crippen MR) is 61.3 cm³/mol. The van der Waals surface area contributed by atoms with E-state index in [1.54, 1.807) is 0 Å². The average Bonchev–Trinajstić information content (AvgIpc) is 2.49. The van der Waals surface area contributed by atoms with Crippen LogP contribution in [0.2, 0.25) is 0 Å². The maximum absolute atomic E-state index is 10.9. The lowest BCUT2D eigenvalue weighted by atomic mass is 10.5. The van der Waals surface area contributed by atoms with Crippen LogP contribution < -0.4 is 16.9 Å². The maximum Gasteiger partial charge on any atom is 0.327 e. The number of H-pyrrole nitrogens is 4. The topological polar surface area (TPSA) is 138 Å². The zero-order valence-electron chi connectivity index (χ0n) is 7.57. The number of nitrogens with zero attached hydrogens (tertiary/aromatic N) is 1. The lowest BCUT2D eigenvalue weighted by Crippen LogP contribution is -2.21. The first-order chi connectivity index (χ1) is 6.66. The summed E-state index contributed by atoms with van der Waals surface area (Å²) in [6.45, 7) is 3.50. The summed E-state index contributed by atoms with van der Waals surface area (Å²) in [7, 11) is 0. The molecule has 0 saturated carbocycles. The highest BCUT2D eigenvalue weighted by Gasteiger charge is 2.02. The molecular weight excluding hydrogens is 261 g/mol. The largest absolute Gasteiger partial charge is 0.327 e. The Hall–Kier alpha value is -1.98. The van der Waals surface area contributed by atoms with Crippen molar-refractivity contribution in [1.82, 2.24) is 19.9 Å². The van der Waals surface area contributed by atoms with E-state index in [-0.39, 0.29) is 36.0 Å². The molecule has 10 heteroatoms. The number of nitrogens with one attached hydrogen (secondary N) is 4. The Morgan fingerprint density at radius 1 is 0.812 bits per heavy atom.